The summed E-state index contributed by atoms with van der Waals surface area (Å²) in [6.07, 6.45) is 1.24. The van der Waals surface area contributed by atoms with Gasteiger partial charge in [0.1, 0.15) is 0 Å². The summed E-state index contributed by atoms with van der Waals surface area (Å²) in [6, 6.07) is 0.639. The lowest BCUT2D eigenvalue weighted by atomic mass is 10.3. The molecule has 1 nitrogen and oxygen atoms in total. The minimum absolute atomic E-state index is 0.639. The van der Waals surface area contributed by atoms with Crippen molar-refractivity contribution in [3.63, 3.8) is 0 Å². The predicted molar refractivity (Wildman–Crippen MR) is 35.8 cm³/mol. The van der Waals surface area contributed by atoms with Gasteiger partial charge in [0.05, 0.1) is 0 Å². The van der Waals surface area contributed by atoms with Gasteiger partial charge in [-0.05, 0) is 19.4 Å². The third-order valence-corrected chi connectivity index (χ3v) is 1.92. The van der Waals surface area contributed by atoms with E-state index >= 15 is 0 Å². The molecule has 1 heteroatoms. The molecule has 0 amide bonds. The van der Waals surface area contributed by atoms with Crippen molar-refractivity contribution in [2.45, 2.75) is 19.4 Å². The van der Waals surface area contributed by atoms with Crippen molar-refractivity contribution in [2.24, 2.45) is 5.92 Å². The normalized spacial score (nSPS) is 35.5. The second-order valence-electron chi connectivity index (χ2n) is 2.36. The van der Waals surface area contributed by atoms with E-state index in [1.165, 1.54) is 12.0 Å². The Morgan fingerprint density at radius 2 is 2.38 bits per heavy atom. The van der Waals surface area contributed by atoms with Gasteiger partial charge < -0.3 is 5.32 Å². The van der Waals surface area contributed by atoms with Gasteiger partial charge in [0.2, 0.25) is 0 Å². The largest absolute Gasteiger partial charge is 0.313 e. The van der Waals surface area contributed by atoms with Crippen LogP contribution in [-0.2, 0) is 0 Å². The first kappa shape index (κ1) is 5.83. The zero-order valence-electron chi connectivity index (χ0n) is 5.57. The molecule has 2 atom stereocenters. The Kier molecular flexibility index (Phi) is 1.39. The van der Waals surface area contributed by atoms with Crippen molar-refractivity contribution in [1.82, 2.24) is 5.32 Å². The molecule has 0 aliphatic heterocycles. The molecule has 0 aromatic rings. The number of hydrogen-bond donors (Lipinski definition) is 1. The van der Waals surface area contributed by atoms with E-state index < -0.39 is 0 Å². The van der Waals surface area contributed by atoms with Crippen molar-refractivity contribution in [1.29, 1.82) is 0 Å². The molecule has 1 saturated carbocycles. The molecule has 0 radical (unpaired) electrons. The molecule has 1 aliphatic rings. The van der Waals surface area contributed by atoms with Crippen molar-refractivity contribution >= 4 is 0 Å². The van der Waals surface area contributed by atoms with Crippen LogP contribution in [0.1, 0.15) is 13.3 Å². The van der Waals surface area contributed by atoms with Crippen LogP contribution in [0.4, 0.5) is 0 Å². The highest BCUT2D eigenvalue weighted by Crippen LogP contribution is 2.38. The first-order valence-corrected chi connectivity index (χ1v) is 3.17. The summed E-state index contributed by atoms with van der Waals surface area (Å²) < 4.78 is 0. The maximum absolute atomic E-state index is 3.91. The Bertz CT molecular complexity index is 95.0. The van der Waals surface area contributed by atoms with Crippen LogP contribution in [0.3, 0.4) is 0 Å². The van der Waals surface area contributed by atoms with E-state index in [1.54, 1.807) is 0 Å². The highest BCUT2D eigenvalue weighted by molar-refractivity contribution is 5.30. The molecule has 0 bridgehead atoms. The molecule has 46 valence electrons. The smallest absolute Gasteiger partial charge is 0.0343 e. The molecule has 0 heterocycles. The van der Waals surface area contributed by atoms with E-state index in [1.807, 2.05) is 7.05 Å². The SMILES string of the molecule is C=C1C(CC)[C@H]1NC. The molecule has 0 spiro atoms. The molecule has 0 aromatic heterocycles. The van der Waals surface area contributed by atoms with Crippen LogP contribution in [-0.4, -0.2) is 13.1 Å². The van der Waals surface area contributed by atoms with Gasteiger partial charge in [-0.2, -0.15) is 0 Å². The van der Waals surface area contributed by atoms with Crippen molar-refractivity contribution in [2.75, 3.05) is 7.05 Å². The van der Waals surface area contributed by atoms with Crippen molar-refractivity contribution < 1.29 is 0 Å². The number of likely N-dealkylation sites (N-methyl/N-ethyl adjacent to an activating group) is 1. The summed E-state index contributed by atoms with van der Waals surface area (Å²) in [5.74, 6) is 0.778. The average molecular weight is 111 g/mol. The zero-order valence-corrected chi connectivity index (χ0v) is 5.57. The first-order chi connectivity index (χ1) is 3.81. The average Bonchev–Trinajstić information content (AvgIpc) is 2.40. The molecule has 1 unspecified atom stereocenters. The Labute approximate surface area is 50.8 Å². The van der Waals surface area contributed by atoms with Crippen LogP contribution < -0.4 is 5.32 Å². The van der Waals surface area contributed by atoms with Gasteiger partial charge >= 0.3 is 0 Å². The summed E-state index contributed by atoms with van der Waals surface area (Å²) in [5.41, 5.74) is 1.38. The molecule has 1 fully saturated rings. The Morgan fingerprint density at radius 1 is 1.75 bits per heavy atom. The molecule has 0 aromatic carbocycles. The molecule has 1 rings (SSSR count). The van der Waals surface area contributed by atoms with E-state index in [0.29, 0.717) is 6.04 Å². The topological polar surface area (TPSA) is 12.0 Å². The Hall–Kier alpha value is -0.300. The third-order valence-electron chi connectivity index (χ3n) is 1.92. The van der Waals surface area contributed by atoms with E-state index in [2.05, 4.69) is 18.8 Å². The summed E-state index contributed by atoms with van der Waals surface area (Å²) in [5, 5.41) is 3.19. The van der Waals surface area contributed by atoms with Crippen LogP contribution >= 0.6 is 0 Å². The van der Waals surface area contributed by atoms with Crippen LogP contribution in [0.2, 0.25) is 0 Å². The lowest BCUT2D eigenvalue weighted by Gasteiger charge is -1.87. The maximum atomic E-state index is 3.91. The Morgan fingerprint density at radius 3 is 2.50 bits per heavy atom. The van der Waals surface area contributed by atoms with Crippen molar-refractivity contribution in [3.05, 3.63) is 12.2 Å². The zero-order chi connectivity index (χ0) is 6.15. The molecule has 1 aliphatic carbocycles. The molecule has 8 heavy (non-hydrogen) atoms. The highest BCUT2D eigenvalue weighted by Gasteiger charge is 2.38. The number of hydrogen-bond acceptors (Lipinski definition) is 1. The molecular formula is C7H13N. The van der Waals surface area contributed by atoms with Gasteiger partial charge in [0.15, 0.2) is 0 Å². The van der Waals surface area contributed by atoms with Gasteiger partial charge in [0, 0.05) is 6.04 Å². The van der Waals surface area contributed by atoms with Gasteiger partial charge in [-0.25, -0.2) is 0 Å². The second kappa shape index (κ2) is 1.90. The lowest BCUT2D eigenvalue weighted by Crippen LogP contribution is -2.10. The summed E-state index contributed by atoms with van der Waals surface area (Å²) >= 11 is 0. The van der Waals surface area contributed by atoms with Crippen LogP contribution in [0.5, 0.6) is 0 Å². The summed E-state index contributed by atoms with van der Waals surface area (Å²) in [7, 11) is 1.99. The summed E-state index contributed by atoms with van der Waals surface area (Å²) in [6.45, 7) is 6.11. The minimum atomic E-state index is 0.639. The van der Waals surface area contributed by atoms with Gasteiger partial charge in [-0.3, -0.25) is 0 Å². The van der Waals surface area contributed by atoms with E-state index in [0.717, 1.165) is 5.92 Å². The highest BCUT2D eigenvalue weighted by atomic mass is 14.9. The standard InChI is InChI=1S/C7H13N/c1-4-6-5(2)7(6)8-3/h6-8H,2,4H2,1,3H3/t6?,7-/m0/s1. The summed E-state index contributed by atoms with van der Waals surface area (Å²) in [4.78, 5) is 0. The van der Waals surface area contributed by atoms with E-state index in [4.69, 9.17) is 0 Å². The monoisotopic (exact) mass is 111 g/mol. The van der Waals surface area contributed by atoms with E-state index in [-0.39, 0.29) is 0 Å². The van der Waals surface area contributed by atoms with Crippen molar-refractivity contribution in [3.8, 4) is 0 Å². The fraction of sp³-hybridized carbons (Fsp3) is 0.714. The molecular weight excluding hydrogens is 98.1 g/mol. The maximum Gasteiger partial charge on any atom is 0.0343 e. The number of nitrogens with one attached hydrogen (secondary N) is 1. The van der Waals surface area contributed by atoms with Gasteiger partial charge in [0.25, 0.3) is 0 Å². The fourth-order valence-electron chi connectivity index (χ4n) is 1.26. The molecule has 1 N–H and O–H groups in total. The minimum Gasteiger partial charge on any atom is -0.313 e. The van der Waals surface area contributed by atoms with Gasteiger partial charge in [-0.15, -0.1) is 0 Å². The van der Waals surface area contributed by atoms with Crippen LogP contribution in [0.25, 0.3) is 0 Å². The Balaban J connectivity index is 2.34. The molecule has 0 saturated heterocycles. The predicted octanol–water partition coefficient (Wildman–Crippen LogP) is 1.17. The van der Waals surface area contributed by atoms with Crippen LogP contribution in [0, 0.1) is 5.92 Å². The quantitative estimate of drug-likeness (QED) is 0.527. The second-order valence-corrected chi connectivity index (χ2v) is 2.36. The lowest BCUT2D eigenvalue weighted by molar-refractivity contribution is 0.687. The number of rotatable bonds is 2. The third kappa shape index (κ3) is 0.671. The first-order valence-electron chi connectivity index (χ1n) is 3.17. The van der Waals surface area contributed by atoms with Gasteiger partial charge in [-0.1, -0.05) is 19.1 Å². The van der Waals surface area contributed by atoms with E-state index in [9.17, 15) is 0 Å². The fourth-order valence-corrected chi connectivity index (χ4v) is 1.26. The van der Waals surface area contributed by atoms with Crippen LogP contribution in [0.15, 0.2) is 12.2 Å².